The van der Waals surface area contributed by atoms with Crippen molar-refractivity contribution in [2.45, 2.75) is 160 Å². The summed E-state index contributed by atoms with van der Waals surface area (Å²) in [4.78, 5) is 89.8. The monoisotopic (exact) mass is 1830 g/mol. The Morgan fingerprint density at radius 2 is 0.941 bits per heavy atom. The average molecular weight is 1830 g/mol. The molecule has 0 atom stereocenters. The summed E-state index contributed by atoms with van der Waals surface area (Å²) in [5, 5.41) is 89.5. The quantitative estimate of drug-likeness (QED) is 0.00381. The zero-order valence-corrected chi connectivity index (χ0v) is 69.4. The Labute approximate surface area is 745 Å². The Hall–Kier alpha value is -9.73. The molecule has 0 radical (unpaired) electrons. The fourth-order valence-corrected chi connectivity index (χ4v) is 10.6. The third-order valence-corrected chi connectivity index (χ3v) is 15.8. The van der Waals surface area contributed by atoms with Crippen LogP contribution in [-0.4, -0.2) is 127 Å². The van der Waals surface area contributed by atoms with E-state index in [0.29, 0.717) is 47.5 Å². The number of benzene rings is 3. The molecule has 3 aromatic carbocycles. The zero-order chi connectivity index (χ0) is 87.5. The first-order chi connectivity index (χ1) is 54.3. The number of aliphatic carboxylic acids is 1. The van der Waals surface area contributed by atoms with Gasteiger partial charge in [0.2, 0.25) is 33.4 Å². The van der Waals surface area contributed by atoms with E-state index in [9.17, 15) is 84.8 Å². The number of hydrogen-bond donors (Lipinski definition) is 8. The number of thiocyanates is 3. The number of nitro groups is 4. The minimum absolute atomic E-state index is 0. The number of ether oxygens (including phenoxy) is 4. The second-order valence-corrected chi connectivity index (χ2v) is 26.4. The third-order valence-electron chi connectivity index (χ3n) is 14.0. The second kappa shape index (κ2) is 56.7. The number of hydrogen-bond acceptors (Lipinski definition) is 34. The molecule has 0 bridgehead atoms. The SMILES string of the molecule is C.C.CC(=O)O.CC(C)(C)OC(=O)NC1CCC(CN)CC1.N#CSc1nc(Cl)ncc1[N+](=O)[O-].N#CSc1nc(NCc2ccccc2OC(F)(F)F)ncc1[N+](=O)[O-].N#C[S-].NC1CCC(CNc2nc(NCc3ccccc3OC(F)(F)F)ncc2[N+](=O)[O-])CC1.NCc1ccccc1OC(F)(F)F.O=[N+]([O-])c1cnc(Cl)nc1Cl.[K+]. The first kappa shape index (κ1) is 111. The number of thioether (sulfide) groups is 2. The number of nitrogens with two attached hydrogens (primary N) is 3. The van der Waals surface area contributed by atoms with Crippen molar-refractivity contribution in [1.29, 1.82) is 15.8 Å². The van der Waals surface area contributed by atoms with Gasteiger partial charge in [0.05, 0.1) is 19.7 Å². The van der Waals surface area contributed by atoms with Crippen molar-refractivity contribution in [2.75, 3.05) is 29.0 Å². The number of nitriles is 3. The van der Waals surface area contributed by atoms with Gasteiger partial charge in [-0.1, -0.05) is 86.5 Å². The summed E-state index contributed by atoms with van der Waals surface area (Å²) in [5.41, 5.74) is 15.7. The van der Waals surface area contributed by atoms with Gasteiger partial charge in [0.1, 0.15) is 58.4 Å². The zero-order valence-electron chi connectivity index (χ0n) is 61.6. The van der Waals surface area contributed by atoms with Gasteiger partial charge in [0.25, 0.3) is 5.97 Å². The largest absolute Gasteiger partial charge is 1.00 e. The number of carboxylic acids is 1. The molecule has 0 aliphatic heterocycles. The molecule has 53 heteroatoms. The predicted molar refractivity (Wildman–Crippen MR) is 417 cm³/mol. The second-order valence-electron chi connectivity index (χ2n) is 23.6. The van der Waals surface area contributed by atoms with E-state index >= 15 is 0 Å². The summed E-state index contributed by atoms with van der Waals surface area (Å²) >= 11 is 20.8. The number of para-hydroxylation sites is 3. The summed E-state index contributed by atoms with van der Waals surface area (Å²) in [7, 11) is 0. The van der Waals surface area contributed by atoms with Crippen LogP contribution in [0.5, 0.6) is 17.2 Å². The van der Waals surface area contributed by atoms with Crippen molar-refractivity contribution in [1.82, 2.24) is 45.2 Å². The number of carboxylic acid groups (broad SMARTS) is 1. The van der Waals surface area contributed by atoms with Gasteiger partial charge in [-0.05, 0) is 132 Å². The maximum atomic E-state index is 12.6. The normalized spacial score (nSPS) is 14.2. The Balaban J connectivity index is 0. The Kier molecular flexibility index (Phi) is 53.0. The van der Waals surface area contributed by atoms with E-state index in [2.05, 4.69) is 88.0 Å². The predicted octanol–water partition coefficient (Wildman–Crippen LogP) is 13.1. The number of rotatable bonds is 21. The number of halogens is 12. The van der Waals surface area contributed by atoms with Gasteiger partial charge in [-0.15, -0.1) is 39.5 Å². The Morgan fingerprint density at radius 3 is 1.33 bits per heavy atom. The number of aromatic nitrogens is 8. The van der Waals surface area contributed by atoms with Crippen LogP contribution in [0.2, 0.25) is 15.7 Å². The van der Waals surface area contributed by atoms with Gasteiger partial charge < -0.3 is 75.2 Å². The van der Waals surface area contributed by atoms with Crippen LogP contribution in [0.25, 0.3) is 0 Å². The molecule has 4 aromatic heterocycles. The van der Waals surface area contributed by atoms with Crippen LogP contribution < -0.4 is 104 Å². The number of alkyl carbamates (subject to hydrolysis) is 1. The fraction of sp³-hybridized carbons (Fsp3) is 0.409. The van der Waals surface area contributed by atoms with E-state index in [4.69, 9.17) is 82.4 Å². The standard InChI is InChI=1S/C19H23F3N6O3.C13H8F3N5O3S.C12H24N2O2.C8H8F3NO.C5HClN4O2S.C4HCl2N3O2.C2H4O2.CHNS.2CH4.K/c20-19(21,22)31-16-4-2-1-3-13(16)10-25-18-26-11-15(28(29)30)17(27-18)24-9-12-5-7-14(23)8-6-12;14-13(15,16)24-10-4-2-1-3-8(10)5-18-12-19-6-9(21(22)23)11(20-12)25-7-17;1-12(2,3)16-11(15)14-10-6-4-9(8-13)5-7-10;9-8(10,11)13-7-4-2-1-3-6(7)5-12;6-5-8-1-3(10(11)12)4(9-5)13-2-7;5-3-2(9(10)11)1-7-4(6)8-3;1-2(3)4;2-1-3;;;/h1-4,11-12,14H,5-10,23H2,(H2,24,25,26,27);1-4,6H,5H2,(H,18,19,20);9-10H,4-8,13H2,1-3H3,(H,14,15);1-4H,5,12H2;1H;1H;1H3,(H,3,4);3H;2*1H4;/q;;;;;;;;;;+1/p-1. The number of amides is 1. The van der Waals surface area contributed by atoms with Crippen LogP contribution >= 0.6 is 58.3 Å². The van der Waals surface area contributed by atoms with E-state index in [1.165, 1.54) is 60.0 Å². The maximum Gasteiger partial charge on any atom is 1.00 e. The van der Waals surface area contributed by atoms with Crippen LogP contribution in [0.15, 0.2) is 108 Å². The van der Waals surface area contributed by atoms with Gasteiger partial charge in [-0.3, -0.25) is 45.3 Å². The number of nitrogens with one attached hydrogen (secondary N) is 4. The maximum absolute atomic E-state index is 12.6. The van der Waals surface area contributed by atoms with Gasteiger partial charge in [-0.25, -0.2) is 35.0 Å². The number of nitrogens with zero attached hydrogens (tertiary/aromatic N) is 15. The third kappa shape index (κ3) is 47.6. The minimum Gasteiger partial charge on any atom is -0.696 e. The van der Waals surface area contributed by atoms with Crippen molar-refractivity contribution in [3.63, 3.8) is 0 Å². The molecule has 2 aliphatic carbocycles. The molecular weight excluding hydrogens is 1750 g/mol. The van der Waals surface area contributed by atoms with Crippen molar-refractivity contribution >= 4 is 123 Å². The van der Waals surface area contributed by atoms with Gasteiger partial charge in [0, 0.05) is 85.4 Å². The first-order valence-electron chi connectivity index (χ1n) is 32.6. The summed E-state index contributed by atoms with van der Waals surface area (Å²) in [6, 6.07) is 17.4. The Morgan fingerprint density at radius 1 is 0.580 bits per heavy atom. The molecule has 1 amide bonds. The van der Waals surface area contributed by atoms with Crippen LogP contribution in [-0.2, 0) is 41.8 Å². The summed E-state index contributed by atoms with van der Waals surface area (Å²) in [5.74, 6) is -0.830. The average Bonchev–Trinajstić information content (AvgIpc) is 0.799. The van der Waals surface area contributed by atoms with Crippen LogP contribution in [0, 0.1) is 84.3 Å². The topological polar surface area (TPSA) is 565 Å². The van der Waals surface area contributed by atoms with Gasteiger partial charge in [0.15, 0.2) is 10.1 Å². The summed E-state index contributed by atoms with van der Waals surface area (Å²) < 4.78 is 127. The molecule has 9 rings (SSSR count). The first-order valence-corrected chi connectivity index (χ1v) is 35.7. The van der Waals surface area contributed by atoms with Crippen LogP contribution in [0.3, 0.4) is 0 Å². The summed E-state index contributed by atoms with van der Waals surface area (Å²) in [6.07, 6.45) is -2.81. The fourth-order valence-electron chi connectivity index (χ4n) is 9.10. The van der Waals surface area contributed by atoms with Crippen molar-refractivity contribution in [2.24, 2.45) is 29.0 Å². The van der Waals surface area contributed by atoms with E-state index < -0.39 is 61.8 Å². The number of anilines is 3. The number of alkyl halides is 9. The minimum atomic E-state index is -4.84. The Bertz CT molecular complexity index is 4500. The number of carbonyl (C=O) groups excluding carboxylic acids is 1. The molecule has 0 unspecified atom stereocenters. The number of carbonyl (C=O) groups is 2. The smallest absolute Gasteiger partial charge is 0.696 e. The van der Waals surface area contributed by atoms with Gasteiger partial charge in [-0.2, -0.15) is 25.5 Å². The summed E-state index contributed by atoms with van der Waals surface area (Å²) in [6.45, 7) is 7.80. The molecule has 37 nitrogen and oxygen atoms in total. The van der Waals surface area contributed by atoms with E-state index in [0.717, 1.165) is 95.7 Å². The molecule has 11 N–H and O–H groups in total. The molecule has 2 fully saturated rings. The van der Waals surface area contributed by atoms with Crippen molar-refractivity contribution in [3.8, 4) is 33.5 Å². The molecule has 4 heterocycles. The molecule has 0 spiro atoms. The van der Waals surface area contributed by atoms with E-state index in [1.807, 2.05) is 20.8 Å². The van der Waals surface area contributed by atoms with Gasteiger partial charge >= 0.3 is 99.3 Å². The van der Waals surface area contributed by atoms with Crippen molar-refractivity contribution in [3.05, 3.63) is 170 Å². The molecule has 2 saturated carbocycles. The molecule has 0 saturated heterocycles. The molecular formula is C66H77Cl3F9KN22O15S3. The molecule has 119 heavy (non-hydrogen) atoms. The van der Waals surface area contributed by atoms with Crippen molar-refractivity contribution < 1.29 is 144 Å². The molecule has 644 valence electrons. The van der Waals surface area contributed by atoms with E-state index in [-0.39, 0.29) is 187 Å². The van der Waals surface area contributed by atoms with Crippen LogP contribution in [0.4, 0.5) is 84.8 Å². The van der Waals surface area contributed by atoms with Crippen LogP contribution in [0.1, 0.15) is 111 Å². The van der Waals surface area contributed by atoms with E-state index in [1.54, 1.807) is 22.9 Å². The molecule has 2 aliphatic rings. The molecule has 7 aromatic rings.